The Hall–Kier alpha value is -1.68. The first-order valence-electron chi connectivity index (χ1n) is 5.52. The van der Waals surface area contributed by atoms with Crippen molar-refractivity contribution >= 4 is 50.2 Å². The Labute approximate surface area is 131 Å². The summed E-state index contributed by atoms with van der Waals surface area (Å²) in [5.74, 6) is 0.158. The number of hydrogen-bond acceptors (Lipinski definition) is 5. The number of halogens is 1. The van der Waals surface area contributed by atoms with E-state index < -0.39 is 5.97 Å². The van der Waals surface area contributed by atoms with Crippen molar-refractivity contribution in [3.05, 3.63) is 26.8 Å². The molecule has 0 saturated heterocycles. The van der Waals surface area contributed by atoms with Gasteiger partial charge in [0.2, 0.25) is 5.88 Å². The molecule has 0 bridgehead atoms. The molecular formula is C12H8IN3O3S. The molecule has 3 aromatic rings. The maximum absolute atomic E-state index is 10.9. The third-order valence-electron chi connectivity index (χ3n) is 2.69. The third kappa shape index (κ3) is 2.14. The molecule has 0 radical (unpaired) electrons. The summed E-state index contributed by atoms with van der Waals surface area (Å²) in [5.41, 5.74) is 1.47. The molecule has 0 aliphatic rings. The van der Waals surface area contributed by atoms with Crippen molar-refractivity contribution in [3.63, 3.8) is 0 Å². The van der Waals surface area contributed by atoms with Crippen LogP contribution in [-0.2, 0) is 0 Å². The van der Waals surface area contributed by atoms with E-state index in [4.69, 9.17) is 9.84 Å². The number of nitrogens with one attached hydrogen (secondary N) is 1. The number of carbonyl (C=O) groups is 1. The van der Waals surface area contributed by atoms with Gasteiger partial charge in [-0.2, -0.15) is 0 Å². The van der Waals surface area contributed by atoms with Crippen LogP contribution >= 0.6 is 33.9 Å². The van der Waals surface area contributed by atoms with E-state index in [0.29, 0.717) is 22.1 Å². The van der Waals surface area contributed by atoms with Crippen LogP contribution in [0.4, 0.5) is 0 Å². The van der Waals surface area contributed by atoms with Gasteiger partial charge in [0, 0.05) is 9.77 Å². The SMILES string of the molecule is COc1nccc(I)c1-c1nc2sc(C(=O)O)cc2[nH]1. The molecule has 0 unspecified atom stereocenters. The molecule has 8 heteroatoms. The van der Waals surface area contributed by atoms with Crippen molar-refractivity contribution in [2.45, 2.75) is 0 Å². The molecule has 0 amide bonds. The van der Waals surface area contributed by atoms with Crippen molar-refractivity contribution in [3.8, 4) is 17.3 Å². The first-order valence-corrected chi connectivity index (χ1v) is 7.41. The second-order valence-electron chi connectivity index (χ2n) is 3.90. The summed E-state index contributed by atoms with van der Waals surface area (Å²) in [5, 5.41) is 8.95. The average Bonchev–Trinajstić information content (AvgIpc) is 2.96. The lowest BCUT2D eigenvalue weighted by atomic mass is 10.2. The fraction of sp³-hybridized carbons (Fsp3) is 0.0833. The number of H-pyrrole nitrogens is 1. The predicted molar refractivity (Wildman–Crippen MR) is 83.4 cm³/mol. The summed E-state index contributed by atoms with van der Waals surface area (Å²) in [6.07, 6.45) is 1.66. The van der Waals surface area contributed by atoms with Crippen molar-refractivity contribution in [2.75, 3.05) is 7.11 Å². The Bertz CT molecular complexity index is 780. The normalized spacial score (nSPS) is 10.9. The van der Waals surface area contributed by atoms with E-state index in [1.807, 2.05) is 6.07 Å². The minimum atomic E-state index is -0.948. The second-order valence-corrected chi connectivity index (χ2v) is 6.09. The summed E-state index contributed by atoms with van der Waals surface area (Å²) >= 11 is 3.32. The maximum atomic E-state index is 10.9. The first-order chi connectivity index (χ1) is 9.60. The van der Waals surface area contributed by atoms with Crippen LogP contribution in [0.2, 0.25) is 0 Å². The molecule has 0 atom stereocenters. The van der Waals surface area contributed by atoms with Gasteiger partial charge >= 0.3 is 5.97 Å². The lowest BCUT2D eigenvalue weighted by Crippen LogP contribution is -1.95. The summed E-state index contributed by atoms with van der Waals surface area (Å²) in [7, 11) is 1.55. The van der Waals surface area contributed by atoms with Crippen LogP contribution in [0.1, 0.15) is 9.67 Å². The molecule has 3 rings (SSSR count). The van der Waals surface area contributed by atoms with E-state index in [2.05, 4.69) is 37.5 Å². The van der Waals surface area contributed by atoms with Gasteiger partial charge in [-0.1, -0.05) is 0 Å². The first kappa shape index (κ1) is 13.3. The zero-order valence-electron chi connectivity index (χ0n) is 10.2. The smallest absolute Gasteiger partial charge is 0.346 e. The number of fused-ring (bicyclic) bond motifs is 1. The highest BCUT2D eigenvalue weighted by Gasteiger charge is 2.18. The van der Waals surface area contributed by atoms with Gasteiger partial charge < -0.3 is 14.8 Å². The molecule has 0 saturated carbocycles. The maximum Gasteiger partial charge on any atom is 0.346 e. The van der Waals surface area contributed by atoms with Crippen LogP contribution in [-0.4, -0.2) is 33.1 Å². The van der Waals surface area contributed by atoms with E-state index >= 15 is 0 Å². The number of aromatic carboxylic acids is 1. The molecule has 2 N–H and O–H groups in total. The lowest BCUT2D eigenvalue weighted by Gasteiger charge is -2.06. The molecule has 0 aliphatic carbocycles. The van der Waals surface area contributed by atoms with Crippen LogP contribution in [0.25, 0.3) is 21.7 Å². The third-order valence-corrected chi connectivity index (χ3v) is 4.60. The van der Waals surface area contributed by atoms with Crippen molar-refractivity contribution in [1.29, 1.82) is 0 Å². The molecule has 102 valence electrons. The second kappa shape index (κ2) is 5.02. The highest BCUT2D eigenvalue weighted by molar-refractivity contribution is 14.1. The van der Waals surface area contributed by atoms with Crippen LogP contribution in [0.5, 0.6) is 5.88 Å². The number of ether oxygens (including phenoxy) is 1. The Morgan fingerprint density at radius 3 is 3.00 bits per heavy atom. The molecule has 6 nitrogen and oxygen atoms in total. The largest absolute Gasteiger partial charge is 0.480 e. The van der Waals surface area contributed by atoms with Gasteiger partial charge in [0.15, 0.2) is 0 Å². The topological polar surface area (TPSA) is 88.1 Å². The lowest BCUT2D eigenvalue weighted by molar-refractivity contribution is 0.0702. The number of methoxy groups -OCH3 is 1. The summed E-state index contributed by atoms with van der Waals surface area (Å²) in [6, 6.07) is 3.44. The summed E-state index contributed by atoms with van der Waals surface area (Å²) in [4.78, 5) is 23.5. The van der Waals surface area contributed by atoms with Gasteiger partial charge in [-0.25, -0.2) is 14.8 Å². The molecule has 0 aromatic carbocycles. The number of aromatic nitrogens is 3. The highest BCUT2D eigenvalue weighted by Crippen LogP contribution is 2.33. The number of aromatic amines is 1. The highest BCUT2D eigenvalue weighted by atomic mass is 127. The Morgan fingerprint density at radius 1 is 1.55 bits per heavy atom. The number of hydrogen-bond donors (Lipinski definition) is 2. The molecular weight excluding hydrogens is 393 g/mol. The zero-order valence-corrected chi connectivity index (χ0v) is 13.2. The minimum absolute atomic E-state index is 0.262. The van der Waals surface area contributed by atoms with Crippen molar-refractivity contribution in [2.24, 2.45) is 0 Å². The monoisotopic (exact) mass is 401 g/mol. The fourth-order valence-corrected chi connectivity index (χ4v) is 3.30. The van der Waals surface area contributed by atoms with E-state index in [1.165, 1.54) is 0 Å². The molecule has 0 aliphatic heterocycles. The fourth-order valence-electron chi connectivity index (χ4n) is 1.82. The van der Waals surface area contributed by atoms with E-state index in [-0.39, 0.29) is 4.88 Å². The minimum Gasteiger partial charge on any atom is -0.480 e. The van der Waals surface area contributed by atoms with Crippen molar-refractivity contribution < 1.29 is 14.6 Å². The Balaban J connectivity index is 2.16. The molecule has 3 heterocycles. The van der Waals surface area contributed by atoms with Gasteiger partial charge in [-0.15, -0.1) is 11.3 Å². The number of pyridine rings is 1. The Morgan fingerprint density at radius 2 is 2.35 bits per heavy atom. The number of rotatable bonds is 3. The molecule has 0 spiro atoms. The van der Waals surface area contributed by atoms with Crippen LogP contribution in [0.15, 0.2) is 18.3 Å². The number of nitrogens with zero attached hydrogens (tertiary/aromatic N) is 2. The summed E-state index contributed by atoms with van der Waals surface area (Å²) in [6.45, 7) is 0. The van der Waals surface area contributed by atoms with Crippen molar-refractivity contribution in [1.82, 2.24) is 15.0 Å². The number of thiophene rings is 1. The van der Waals surface area contributed by atoms with Crippen LogP contribution in [0, 0.1) is 3.57 Å². The van der Waals surface area contributed by atoms with Gasteiger partial charge in [0.05, 0.1) is 18.2 Å². The van der Waals surface area contributed by atoms with Gasteiger partial charge in [0.1, 0.15) is 15.5 Å². The van der Waals surface area contributed by atoms with Crippen LogP contribution < -0.4 is 4.74 Å². The number of imidazole rings is 1. The number of carboxylic acid groups (broad SMARTS) is 1. The standard InChI is InChI=1S/C12H8IN3O3S/c1-19-10-8(5(13)2-3-14-10)9-15-6-4-7(12(17)18)20-11(6)16-9/h2-4H,1H3,(H,15,16)(H,17,18). The van der Waals surface area contributed by atoms with Gasteiger partial charge in [-0.3, -0.25) is 0 Å². The van der Waals surface area contributed by atoms with Gasteiger partial charge in [0.25, 0.3) is 0 Å². The summed E-state index contributed by atoms with van der Waals surface area (Å²) < 4.78 is 6.20. The van der Waals surface area contributed by atoms with E-state index in [0.717, 1.165) is 20.5 Å². The molecule has 0 fully saturated rings. The quantitative estimate of drug-likeness (QED) is 0.659. The van der Waals surface area contributed by atoms with E-state index in [1.54, 1.807) is 19.4 Å². The number of carboxylic acids is 1. The predicted octanol–water partition coefficient (Wildman–Crippen LogP) is 3.00. The zero-order chi connectivity index (χ0) is 14.3. The van der Waals surface area contributed by atoms with Crippen LogP contribution in [0.3, 0.4) is 0 Å². The van der Waals surface area contributed by atoms with Gasteiger partial charge in [-0.05, 0) is 34.7 Å². The average molecular weight is 401 g/mol. The Kier molecular flexibility index (Phi) is 3.34. The van der Waals surface area contributed by atoms with E-state index in [9.17, 15) is 4.79 Å². The molecule has 3 aromatic heterocycles. The molecule has 20 heavy (non-hydrogen) atoms.